The van der Waals surface area contributed by atoms with Crippen molar-refractivity contribution in [2.45, 2.75) is 11.6 Å². The molecule has 0 N–H and O–H groups in total. The van der Waals surface area contributed by atoms with Crippen LogP contribution in [0.2, 0.25) is 0 Å². The Hall–Kier alpha value is -0.580. The largest absolute Gasteiger partial charge is 0.334 e. The maximum atomic E-state index is 12.1. The van der Waals surface area contributed by atoms with Crippen molar-refractivity contribution >= 4 is 10.9 Å². The normalized spacial score (nSPS) is 12.3. The maximum absolute atomic E-state index is 12.1. The zero-order valence-electron chi connectivity index (χ0n) is 6.33. The lowest BCUT2D eigenvalue weighted by Gasteiger charge is -2.10. The molecule has 0 aliphatic heterocycles. The Morgan fingerprint density at radius 1 is 1.55 bits per heavy atom. The number of hydrogen-bond donors (Lipinski definition) is 1. The lowest BCUT2D eigenvalue weighted by atomic mass is 10.7. The topological polar surface area (TPSA) is 17.8 Å². The molecule has 5 heteroatoms. The van der Waals surface area contributed by atoms with E-state index in [2.05, 4.69) is 5.10 Å². The van der Waals surface area contributed by atoms with E-state index < -0.39 is 17.4 Å². The van der Waals surface area contributed by atoms with E-state index in [4.69, 9.17) is 0 Å². The summed E-state index contributed by atoms with van der Waals surface area (Å²) >= 11 is 0. The van der Waals surface area contributed by atoms with Crippen molar-refractivity contribution < 1.29 is 8.78 Å². The van der Waals surface area contributed by atoms with E-state index in [1.807, 2.05) is 12.5 Å². The molecule has 0 saturated heterocycles. The summed E-state index contributed by atoms with van der Waals surface area (Å²) in [7, 11) is -0.491. The lowest BCUT2D eigenvalue weighted by molar-refractivity contribution is 0.0474. The minimum Gasteiger partial charge on any atom is -0.216 e. The van der Waals surface area contributed by atoms with Gasteiger partial charge in [0.15, 0.2) is 0 Å². The summed E-state index contributed by atoms with van der Waals surface area (Å²) in [5.41, 5.74) is 0. The van der Waals surface area contributed by atoms with Crippen molar-refractivity contribution in [1.82, 2.24) is 9.78 Å². The standard InChI is InChI=1S/C6H10F2N2S/c1-11(2)5-3-4-9-10(5)6(7)8/h3-4,6,11H,1-2H3. The fourth-order valence-electron chi connectivity index (χ4n) is 0.812. The lowest BCUT2D eigenvalue weighted by Crippen LogP contribution is -2.02. The van der Waals surface area contributed by atoms with Crippen LogP contribution in [0.25, 0.3) is 0 Å². The van der Waals surface area contributed by atoms with Gasteiger partial charge in [0.2, 0.25) is 0 Å². The molecule has 0 saturated carbocycles. The Morgan fingerprint density at radius 3 is 2.55 bits per heavy atom. The minimum atomic E-state index is -2.51. The molecule has 0 spiro atoms. The molecule has 1 rings (SSSR count). The fourth-order valence-corrected chi connectivity index (χ4v) is 1.73. The van der Waals surface area contributed by atoms with Gasteiger partial charge in [-0.3, -0.25) is 0 Å². The molecule has 0 fully saturated rings. The Balaban J connectivity index is 2.96. The van der Waals surface area contributed by atoms with Gasteiger partial charge >= 0.3 is 6.55 Å². The summed E-state index contributed by atoms with van der Waals surface area (Å²) in [4.78, 5) is 0. The molecule has 0 amide bonds. The van der Waals surface area contributed by atoms with Crippen LogP contribution in [0.3, 0.4) is 0 Å². The van der Waals surface area contributed by atoms with Crippen molar-refractivity contribution in [3.63, 3.8) is 0 Å². The highest BCUT2D eigenvalue weighted by molar-refractivity contribution is 8.15. The summed E-state index contributed by atoms with van der Waals surface area (Å²) in [5, 5.41) is 4.15. The molecular weight excluding hydrogens is 170 g/mol. The molecule has 0 atom stereocenters. The number of halogens is 2. The zero-order chi connectivity index (χ0) is 8.43. The molecule has 0 radical (unpaired) electrons. The number of aromatic nitrogens is 2. The minimum absolute atomic E-state index is 0.491. The van der Waals surface area contributed by atoms with Gasteiger partial charge in [-0.2, -0.15) is 18.6 Å². The quantitative estimate of drug-likeness (QED) is 0.688. The summed E-state index contributed by atoms with van der Waals surface area (Å²) < 4.78 is 25.0. The van der Waals surface area contributed by atoms with Gasteiger partial charge in [-0.05, 0) is 18.6 Å². The Bertz CT molecular complexity index is 212. The van der Waals surface area contributed by atoms with Crippen LogP contribution in [0.1, 0.15) is 6.55 Å². The van der Waals surface area contributed by atoms with Gasteiger partial charge in [-0.15, -0.1) is 0 Å². The predicted octanol–water partition coefficient (Wildman–Crippen LogP) is 1.90. The van der Waals surface area contributed by atoms with E-state index in [-0.39, 0.29) is 0 Å². The number of hydrogen-bond acceptors (Lipinski definition) is 1. The highest BCUT2D eigenvalue weighted by Gasteiger charge is 2.11. The number of thiol groups is 1. The summed E-state index contributed by atoms with van der Waals surface area (Å²) in [5.74, 6) is 0. The third-order valence-corrected chi connectivity index (χ3v) is 2.56. The number of alkyl halides is 2. The molecule has 11 heavy (non-hydrogen) atoms. The number of rotatable bonds is 2. The van der Waals surface area contributed by atoms with Crippen LogP contribution in [0.4, 0.5) is 8.78 Å². The van der Waals surface area contributed by atoms with E-state index in [0.717, 1.165) is 4.68 Å². The zero-order valence-corrected chi connectivity index (χ0v) is 7.22. The Morgan fingerprint density at radius 2 is 2.18 bits per heavy atom. The van der Waals surface area contributed by atoms with E-state index in [1.165, 1.54) is 6.20 Å². The van der Waals surface area contributed by atoms with Crippen LogP contribution < -0.4 is 0 Å². The van der Waals surface area contributed by atoms with Crippen LogP contribution in [0, 0.1) is 0 Å². The van der Waals surface area contributed by atoms with Crippen LogP contribution in [0.5, 0.6) is 0 Å². The molecule has 1 heterocycles. The first kappa shape index (κ1) is 8.52. The Kier molecular flexibility index (Phi) is 2.49. The average Bonchev–Trinajstić information content (AvgIpc) is 2.32. The smallest absolute Gasteiger partial charge is 0.216 e. The van der Waals surface area contributed by atoms with Crippen molar-refractivity contribution in [2.75, 3.05) is 12.5 Å². The molecule has 0 bridgehead atoms. The van der Waals surface area contributed by atoms with Gasteiger partial charge < -0.3 is 0 Å². The molecule has 0 aliphatic rings. The van der Waals surface area contributed by atoms with Gasteiger partial charge in [0.25, 0.3) is 0 Å². The van der Waals surface area contributed by atoms with Gasteiger partial charge in [0.05, 0.1) is 11.2 Å². The monoisotopic (exact) mass is 180 g/mol. The first-order valence-electron chi connectivity index (χ1n) is 3.12. The van der Waals surface area contributed by atoms with Gasteiger partial charge in [-0.1, -0.05) is 0 Å². The molecule has 2 nitrogen and oxygen atoms in total. The fraction of sp³-hybridized carbons (Fsp3) is 0.500. The third kappa shape index (κ3) is 1.71. The average molecular weight is 180 g/mol. The van der Waals surface area contributed by atoms with E-state index >= 15 is 0 Å². The van der Waals surface area contributed by atoms with E-state index in [9.17, 15) is 8.78 Å². The van der Waals surface area contributed by atoms with Crippen molar-refractivity contribution in [3.05, 3.63) is 12.3 Å². The van der Waals surface area contributed by atoms with Crippen molar-refractivity contribution in [1.29, 1.82) is 0 Å². The van der Waals surface area contributed by atoms with Crippen LogP contribution in [-0.2, 0) is 0 Å². The van der Waals surface area contributed by atoms with Crippen LogP contribution in [-0.4, -0.2) is 22.3 Å². The molecule has 64 valence electrons. The van der Waals surface area contributed by atoms with E-state index in [1.54, 1.807) is 6.07 Å². The second-order valence-electron chi connectivity index (χ2n) is 2.31. The molecule has 1 aromatic heterocycles. The molecule has 0 aliphatic carbocycles. The maximum Gasteiger partial charge on any atom is 0.334 e. The Labute approximate surface area is 66.6 Å². The molecular formula is C6H10F2N2S. The molecule has 1 aromatic rings. The SMILES string of the molecule is C[SH](C)c1ccnn1C(F)F. The van der Waals surface area contributed by atoms with Gasteiger partial charge in [-0.25, -0.2) is 10.9 Å². The van der Waals surface area contributed by atoms with Gasteiger partial charge in [0, 0.05) is 0 Å². The summed E-state index contributed by atoms with van der Waals surface area (Å²) in [6, 6.07) is 1.64. The third-order valence-electron chi connectivity index (χ3n) is 1.29. The van der Waals surface area contributed by atoms with Crippen molar-refractivity contribution in [2.24, 2.45) is 0 Å². The van der Waals surface area contributed by atoms with Crippen LogP contribution >= 0.6 is 10.9 Å². The molecule has 0 unspecified atom stereocenters. The second kappa shape index (κ2) is 3.21. The first-order chi connectivity index (χ1) is 5.13. The second-order valence-corrected chi connectivity index (χ2v) is 4.55. The highest BCUT2D eigenvalue weighted by atomic mass is 32.2. The number of nitrogens with zero attached hydrogens (tertiary/aromatic N) is 2. The van der Waals surface area contributed by atoms with Gasteiger partial charge in [0.1, 0.15) is 0 Å². The first-order valence-corrected chi connectivity index (χ1v) is 5.35. The highest BCUT2D eigenvalue weighted by Crippen LogP contribution is 2.30. The summed E-state index contributed by atoms with van der Waals surface area (Å²) in [6.07, 6.45) is 5.25. The van der Waals surface area contributed by atoms with E-state index in [0.29, 0.717) is 5.03 Å². The summed E-state index contributed by atoms with van der Waals surface area (Å²) in [6.45, 7) is -2.51. The molecule has 0 aromatic carbocycles. The van der Waals surface area contributed by atoms with Crippen molar-refractivity contribution in [3.8, 4) is 0 Å². The predicted molar refractivity (Wildman–Crippen MR) is 42.6 cm³/mol. The van der Waals surface area contributed by atoms with Crippen LogP contribution in [0.15, 0.2) is 17.3 Å².